The lowest BCUT2D eigenvalue weighted by Crippen LogP contribution is -2.29. The van der Waals surface area contributed by atoms with Crippen molar-refractivity contribution >= 4 is 12.0 Å². The standard InChI is InChI=1S/C7H11N5O3/c1-4-10-5(12-11-4)6(13)9-2-3-15-7(8)14/h2-3H2,1H3,(H2,8,14)(H,9,13)(H,10,11,12). The lowest BCUT2D eigenvalue weighted by atomic mass is 10.5. The molecular formula is C7H11N5O3. The SMILES string of the molecule is Cc1nc(C(=O)NCCOC(N)=O)n[nH]1. The van der Waals surface area contributed by atoms with Crippen LogP contribution >= 0.6 is 0 Å². The Labute approximate surface area is 85.2 Å². The Hall–Kier alpha value is -2.12. The number of carbonyl (C=O) groups is 2. The van der Waals surface area contributed by atoms with Crippen LogP contribution in [-0.4, -0.2) is 40.3 Å². The number of H-pyrrole nitrogens is 1. The molecule has 8 heteroatoms. The first-order valence-corrected chi connectivity index (χ1v) is 4.19. The molecule has 0 aliphatic rings. The summed E-state index contributed by atoms with van der Waals surface area (Å²) >= 11 is 0. The minimum Gasteiger partial charge on any atom is -0.448 e. The number of hydrogen-bond donors (Lipinski definition) is 3. The zero-order valence-corrected chi connectivity index (χ0v) is 8.11. The normalized spacial score (nSPS) is 9.67. The van der Waals surface area contributed by atoms with Crippen LogP contribution in [0.2, 0.25) is 0 Å². The first kappa shape index (κ1) is 11.0. The number of aromatic nitrogens is 3. The topological polar surface area (TPSA) is 123 Å². The molecule has 0 saturated heterocycles. The van der Waals surface area contributed by atoms with Gasteiger partial charge in [-0.2, -0.15) is 0 Å². The highest BCUT2D eigenvalue weighted by atomic mass is 16.5. The van der Waals surface area contributed by atoms with E-state index in [1.165, 1.54) is 0 Å². The predicted octanol–water partition coefficient (Wildman–Crippen LogP) is -1.06. The molecule has 0 unspecified atom stereocenters. The predicted molar refractivity (Wildman–Crippen MR) is 49.0 cm³/mol. The van der Waals surface area contributed by atoms with Gasteiger partial charge in [-0.3, -0.25) is 9.89 Å². The van der Waals surface area contributed by atoms with Gasteiger partial charge in [0.05, 0.1) is 6.54 Å². The molecule has 4 N–H and O–H groups in total. The number of carbonyl (C=O) groups excluding carboxylic acids is 2. The molecule has 1 heterocycles. The van der Waals surface area contributed by atoms with Crippen molar-refractivity contribution in [3.8, 4) is 0 Å². The van der Waals surface area contributed by atoms with Gasteiger partial charge in [-0.15, -0.1) is 5.10 Å². The van der Waals surface area contributed by atoms with Crippen LogP contribution in [0.15, 0.2) is 0 Å². The molecular weight excluding hydrogens is 202 g/mol. The van der Waals surface area contributed by atoms with E-state index < -0.39 is 12.0 Å². The summed E-state index contributed by atoms with van der Waals surface area (Å²) in [5, 5.41) is 8.63. The quantitative estimate of drug-likeness (QED) is 0.550. The first-order valence-electron chi connectivity index (χ1n) is 4.19. The van der Waals surface area contributed by atoms with Crippen molar-refractivity contribution in [2.75, 3.05) is 13.2 Å². The van der Waals surface area contributed by atoms with Crippen LogP contribution in [0, 0.1) is 6.92 Å². The zero-order valence-electron chi connectivity index (χ0n) is 8.11. The van der Waals surface area contributed by atoms with E-state index in [-0.39, 0.29) is 19.0 Å². The molecule has 1 aromatic heterocycles. The van der Waals surface area contributed by atoms with Crippen molar-refractivity contribution in [2.24, 2.45) is 5.73 Å². The number of nitrogens with one attached hydrogen (secondary N) is 2. The Balaban J connectivity index is 2.28. The van der Waals surface area contributed by atoms with E-state index in [4.69, 9.17) is 5.73 Å². The van der Waals surface area contributed by atoms with E-state index in [2.05, 4.69) is 25.2 Å². The van der Waals surface area contributed by atoms with Gasteiger partial charge in [0.25, 0.3) is 5.91 Å². The zero-order chi connectivity index (χ0) is 11.3. The Bertz CT molecular complexity index is 361. The fourth-order valence-corrected chi connectivity index (χ4v) is 0.839. The Morgan fingerprint density at radius 3 is 2.87 bits per heavy atom. The number of rotatable bonds is 4. The van der Waals surface area contributed by atoms with E-state index in [0.29, 0.717) is 5.82 Å². The van der Waals surface area contributed by atoms with Crippen LogP contribution in [0.4, 0.5) is 4.79 Å². The van der Waals surface area contributed by atoms with Gasteiger partial charge >= 0.3 is 6.09 Å². The lowest BCUT2D eigenvalue weighted by Gasteiger charge is -2.01. The van der Waals surface area contributed by atoms with Crippen LogP contribution in [0.25, 0.3) is 0 Å². The fourth-order valence-electron chi connectivity index (χ4n) is 0.839. The highest BCUT2D eigenvalue weighted by Crippen LogP contribution is 1.89. The fraction of sp³-hybridized carbons (Fsp3) is 0.429. The number of aryl methyl sites for hydroxylation is 1. The van der Waals surface area contributed by atoms with Crippen LogP contribution in [0.5, 0.6) is 0 Å². The molecule has 15 heavy (non-hydrogen) atoms. The minimum absolute atomic E-state index is 0.0183. The van der Waals surface area contributed by atoms with Crippen molar-refractivity contribution in [1.82, 2.24) is 20.5 Å². The van der Waals surface area contributed by atoms with E-state index >= 15 is 0 Å². The maximum Gasteiger partial charge on any atom is 0.404 e. The summed E-state index contributed by atoms with van der Waals surface area (Å²) in [5.41, 5.74) is 4.72. The third kappa shape index (κ3) is 3.63. The van der Waals surface area contributed by atoms with Gasteiger partial charge < -0.3 is 15.8 Å². The van der Waals surface area contributed by atoms with E-state index in [1.54, 1.807) is 6.92 Å². The maximum absolute atomic E-state index is 11.3. The molecule has 0 radical (unpaired) electrons. The number of hydrogen-bond acceptors (Lipinski definition) is 5. The molecule has 0 spiro atoms. The second kappa shape index (κ2) is 4.94. The molecule has 1 aromatic rings. The third-order valence-corrected chi connectivity index (χ3v) is 1.43. The van der Waals surface area contributed by atoms with E-state index in [0.717, 1.165) is 0 Å². The molecule has 0 fully saturated rings. The Kier molecular flexibility index (Phi) is 3.61. The van der Waals surface area contributed by atoms with Gasteiger partial charge in [-0.25, -0.2) is 9.78 Å². The molecule has 2 amide bonds. The van der Waals surface area contributed by atoms with Gasteiger partial charge in [-0.1, -0.05) is 0 Å². The Morgan fingerprint density at radius 2 is 2.33 bits per heavy atom. The van der Waals surface area contributed by atoms with Crippen molar-refractivity contribution in [2.45, 2.75) is 6.92 Å². The highest BCUT2D eigenvalue weighted by molar-refractivity contribution is 5.90. The summed E-state index contributed by atoms with van der Waals surface area (Å²) < 4.78 is 4.41. The number of primary amides is 1. The molecule has 1 rings (SSSR count). The summed E-state index contributed by atoms with van der Waals surface area (Å²) in [7, 11) is 0. The molecule has 0 bridgehead atoms. The molecule has 0 saturated carbocycles. The largest absolute Gasteiger partial charge is 0.448 e. The van der Waals surface area contributed by atoms with Gasteiger partial charge in [-0.05, 0) is 6.92 Å². The maximum atomic E-state index is 11.3. The van der Waals surface area contributed by atoms with Crippen LogP contribution in [0.1, 0.15) is 16.4 Å². The van der Waals surface area contributed by atoms with Gasteiger partial charge in [0.15, 0.2) is 0 Å². The summed E-state index contributed by atoms with van der Waals surface area (Å²) in [6, 6.07) is 0. The molecule has 82 valence electrons. The molecule has 8 nitrogen and oxygen atoms in total. The summed E-state index contributed by atoms with van der Waals surface area (Å²) in [4.78, 5) is 25.3. The Morgan fingerprint density at radius 1 is 1.60 bits per heavy atom. The summed E-state index contributed by atoms with van der Waals surface area (Å²) in [6.07, 6.45) is -0.877. The summed E-state index contributed by atoms with van der Waals surface area (Å²) in [6.45, 7) is 1.86. The average Bonchev–Trinajstić information content (AvgIpc) is 2.59. The van der Waals surface area contributed by atoms with Crippen molar-refractivity contribution < 1.29 is 14.3 Å². The van der Waals surface area contributed by atoms with Gasteiger partial charge in [0.1, 0.15) is 12.4 Å². The summed E-state index contributed by atoms with van der Waals surface area (Å²) in [5.74, 6) is 0.160. The van der Waals surface area contributed by atoms with Crippen molar-refractivity contribution in [3.05, 3.63) is 11.6 Å². The van der Waals surface area contributed by atoms with Gasteiger partial charge in [0, 0.05) is 0 Å². The van der Waals surface area contributed by atoms with Crippen LogP contribution in [-0.2, 0) is 4.74 Å². The monoisotopic (exact) mass is 213 g/mol. The molecule has 0 aliphatic carbocycles. The second-order valence-electron chi connectivity index (χ2n) is 2.67. The average molecular weight is 213 g/mol. The number of amides is 2. The minimum atomic E-state index is -0.877. The smallest absolute Gasteiger partial charge is 0.404 e. The molecule has 0 aliphatic heterocycles. The van der Waals surface area contributed by atoms with E-state index in [9.17, 15) is 9.59 Å². The first-order chi connectivity index (χ1) is 7.09. The number of aromatic amines is 1. The van der Waals surface area contributed by atoms with E-state index in [1.807, 2.05) is 0 Å². The van der Waals surface area contributed by atoms with Gasteiger partial charge in [0.2, 0.25) is 5.82 Å². The highest BCUT2D eigenvalue weighted by Gasteiger charge is 2.09. The number of nitrogens with zero attached hydrogens (tertiary/aromatic N) is 2. The van der Waals surface area contributed by atoms with Crippen LogP contribution in [0.3, 0.4) is 0 Å². The third-order valence-electron chi connectivity index (χ3n) is 1.43. The molecule has 0 atom stereocenters. The van der Waals surface area contributed by atoms with Crippen molar-refractivity contribution in [1.29, 1.82) is 0 Å². The molecule has 0 aromatic carbocycles. The van der Waals surface area contributed by atoms with Crippen LogP contribution < -0.4 is 11.1 Å². The second-order valence-corrected chi connectivity index (χ2v) is 2.67. The lowest BCUT2D eigenvalue weighted by molar-refractivity contribution is 0.0927. The number of nitrogens with two attached hydrogens (primary N) is 1. The van der Waals surface area contributed by atoms with Crippen molar-refractivity contribution in [3.63, 3.8) is 0 Å². The number of ether oxygens (including phenoxy) is 1.